The number of aromatic nitrogens is 1. The smallest absolute Gasteiger partial charge is 0.252 e. The monoisotopic (exact) mass is 338 g/mol. The van der Waals surface area contributed by atoms with E-state index in [1.54, 1.807) is 25.3 Å². The SMILES string of the molecule is COc1ccc(C(N)=O)c(O[C@@H](C)C(=O)c2c[nH]c3ccccc23)c1. The van der Waals surface area contributed by atoms with E-state index < -0.39 is 12.0 Å². The summed E-state index contributed by atoms with van der Waals surface area (Å²) in [4.78, 5) is 27.4. The predicted octanol–water partition coefficient (Wildman–Crippen LogP) is 2.93. The van der Waals surface area contributed by atoms with Crippen LogP contribution in [0.2, 0.25) is 0 Å². The quantitative estimate of drug-likeness (QED) is 0.676. The van der Waals surface area contributed by atoms with E-state index in [0.717, 1.165) is 10.9 Å². The Hall–Kier alpha value is -3.28. The molecular weight excluding hydrogens is 320 g/mol. The molecule has 1 amide bonds. The van der Waals surface area contributed by atoms with Crippen molar-refractivity contribution in [2.24, 2.45) is 5.73 Å². The van der Waals surface area contributed by atoms with Gasteiger partial charge >= 0.3 is 0 Å². The van der Waals surface area contributed by atoms with Crippen molar-refractivity contribution in [2.75, 3.05) is 7.11 Å². The van der Waals surface area contributed by atoms with Gasteiger partial charge in [0.15, 0.2) is 6.10 Å². The van der Waals surface area contributed by atoms with Gasteiger partial charge in [-0.2, -0.15) is 0 Å². The summed E-state index contributed by atoms with van der Waals surface area (Å²) in [6.45, 7) is 1.63. The molecule has 0 unspecified atom stereocenters. The first-order valence-corrected chi connectivity index (χ1v) is 7.76. The van der Waals surface area contributed by atoms with Crippen molar-refractivity contribution in [3.63, 3.8) is 0 Å². The van der Waals surface area contributed by atoms with Gasteiger partial charge in [-0.1, -0.05) is 18.2 Å². The summed E-state index contributed by atoms with van der Waals surface area (Å²) in [6.07, 6.45) is 0.859. The number of Topliss-reactive ketones (excluding diaryl/α,β-unsaturated/α-hetero) is 1. The Bertz CT molecular complexity index is 946. The fourth-order valence-corrected chi connectivity index (χ4v) is 2.67. The van der Waals surface area contributed by atoms with Crippen LogP contribution in [0.25, 0.3) is 10.9 Å². The lowest BCUT2D eigenvalue weighted by Crippen LogP contribution is -2.25. The highest BCUT2D eigenvalue weighted by Gasteiger charge is 2.22. The number of nitrogens with two attached hydrogens (primary N) is 1. The molecule has 0 aliphatic rings. The van der Waals surface area contributed by atoms with Crippen LogP contribution in [0.4, 0.5) is 0 Å². The second-order valence-corrected chi connectivity index (χ2v) is 5.60. The number of carbonyl (C=O) groups is 2. The highest BCUT2D eigenvalue weighted by Crippen LogP contribution is 2.27. The second kappa shape index (κ2) is 6.68. The summed E-state index contributed by atoms with van der Waals surface area (Å²) in [6, 6.07) is 12.2. The van der Waals surface area contributed by atoms with Crippen molar-refractivity contribution in [3.8, 4) is 11.5 Å². The van der Waals surface area contributed by atoms with Gasteiger partial charge in [0.2, 0.25) is 5.78 Å². The normalized spacial score (nSPS) is 11.9. The minimum Gasteiger partial charge on any atom is -0.497 e. The van der Waals surface area contributed by atoms with Crippen LogP contribution in [-0.4, -0.2) is 29.9 Å². The second-order valence-electron chi connectivity index (χ2n) is 5.60. The van der Waals surface area contributed by atoms with Gasteiger partial charge in [-0.05, 0) is 25.1 Å². The number of nitrogens with one attached hydrogen (secondary N) is 1. The maximum Gasteiger partial charge on any atom is 0.252 e. The van der Waals surface area contributed by atoms with E-state index in [9.17, 15) is 9.59 Å². The van der Waals surface area contributed by atoms with Gasteiger partial charge in [0.25, 0.3) is 5.91 Å². The Labute approximate surface area is 144 Å². The van der Waals surface area contributed by atoms with Crippen molar-refractivity contribution >= 4 is 22.6 Å². The first kappa shape index (κ1) is 16.6. The minimum absolute atomic E-state index is 0.194. The number of fused-ring (bicyclic) bond motifs is 1. The Morgan fingerprint density at radius 1 is 1.12 bits per heavy atom. The largest absolute Gasteiger partial charge is 0.497 e. The van der Waals surface area contributed by atoms with E-state index in [2.05, 4.69) is 4.98 Å². The molecular formula is C19H18N2O4. The lowest BCUT2D eigenvalue weighted by Gasteiger charge is -2.16. The van der Waals surface area contributed by atoms with Crippen LogP contribution in [0.15, 0.2) is 48.7 Å². The molecule has 3 rings (SSSR count). The maximum absolute atomic E-state index is 12.8. The van der Waals surface area contributed by atoms with Gasteiger partial charge in [-0.3, -0.25) is 9.59 Å². The molecule has 3 aromatic rings. The summed E-state index contributed by atoms with van der Waals surface area (Å²) in [7, 11) is 1.50. The molecule has 2 aromatic carbocycles. The molecule has 1 heterocycles. The molecule has 1 aromatic heterocycles. The number of amides is 1. The number of methoxy groups -OCH3 is 1. The van der Waals surface area contributed by atoms with Crippen LogP contribution < -0.4 is 15.2 Å². The van der Waals surface area contributed by atoms with E-state index in [1.807, 2.05) is 24.3 Å². The summed E-state index contributed by atoms with van der Waals surface area (Å²) in [5.41, 5.74) is 6.98. The minimum atomic E-state index is -0.801. The first-order chi connectivity index (χ1) is 12.0. The number of primary amides is 1. The van der Waals surface area contributed by atoms with Gasteiger partial charge in [-0.15, -0.1) is 0 Å². The molecule has 6 heteroatoms. The summed E-state index contributed by atoms with van der Waals surface area (Å²) in [5, 5.41) is 0.823. The molecule has 0 bridgehead atoms. The number of para-hydroxylation sites is 1. The third-order valence-corrected chi connectivity index (χ3v) is 3.98. The summed E-state index contributed by atoms with van der Waals surface area (Å²) in [5.74, 6) is -0.112. The summed E-state index contributed by atoms with van der Waals surface area (Å²) >= 11 is 0. The van der Waals surface area contributed by atoms with Crippen LogP contribution in [0.1, 0.15) is 27.6 Å². The number of ketones is 1. The molecule has 0 fully saturated rings. The number of ether oxygens (including phenoxy) is 2. The van der Waals surface area contributed by atoms with E-state index >= 15 is 0 Å². The molecule has 0 spiro atoms. The fraction of sp³-hybridized carbons (Fsp3) is 0.158. The van der Waals surface area contributed by atoms with Crippen LogP contribution in [-0.2, 0) is 0 Å². The number of hydrogen-bond donors (Lipinski definition) is 2. The zero-order chi connectivity index (χ0) is 18.0. The zero-order valence-corrected chi connectivity index (χ0v) is 13.9. The van der Waals surface area contributed by atoms with E-state index in [1.165, 1.54) is 13.2 Å². The number of carbonyl (C=O) groups excluding carboxylic acids is 2. The molecule has 0 saturated heterocycles. The summed E-state index contributed by atoms with van der Waals surface area (Å²) < 4.78 is 10.9. The van der Waals surface area contributed by atoms with E-state index in [4.69, 9.17) is 15.2 Å². The van der Waals surface area contributed by atoms with Crippen LogP contribution in [0.5, 0.6) is 11.5 Å². The Balaban J connectivity index is 1.90. The molecule has 3 N–H and O–H groups in total. The van der Waals surface area contributed by atoms with Crippen LogP contribution in [0, 0.1) is 0 Å². The predicted molar refractivity (Wildman–Crippen MR) is 94.2 cm³/mol. The first-order valence-electron chi connectivity index (χ1n) is 7.76. The van der Waals surface area contributed by atoms with Crippen molar-refractivity contribution in [3.05, 3.63) is 59.8 Å². The molecule has 0 aliphatic heterocycles. The maximum atomic E-state index is 12.8. The van der Waals surface area contributed by atoms with Crippen molar-refractivity contribution in [2.45, 2.75) is 13.0 Å². The zero-order valence-electron chi connectivity index (χ0n) is 13.9. The average molecular weight is 338 g/mol. The number of H-pyrrole nitrogens is 1. The lowest BCUT2D eigenvalue weighted by molar-refractivity contribution is 0.0812. The Kier molecular flexibility index (Phi) is 4.43. The molecule has 1 atom stereocenters. The number of rotatable bonds is 6. The van der Waals surface area contributed by atoms with E-state index in [0.29, 0.717) is 11.3 Å². The number of aromatic amines is 1. The third kappa shape index (κ3) is 3.19. The highest BCUT2D eigenvalue weighted by molar-refractivity contribution is 6.10. The molecule has 128 valence electrons. The number of hydrogen-bond acceptors (Lipinski definition) is 4. The molecule has 25 heavy (non-hydrogen) atoms. The Morgan fingerprint density at radius 2 is 1.88 bits per heavy atom. The topological polar surface area (TPSA) is 94.4 Å². The van der Waals surface area contributed by atoms with Crippen molar-refractivity contribution < 1.29 is 19.1 Å². The van der Waals surface area contributed by atoms with Crippen LogP contribution >= 0.6 is 0 Å². The third-order valence-electron chi connectivity index (χ3n) is 3.98. The van der Waals surface area contributed by atoms with Crippen molar-refractivity contribution in [1.82, 2.24) is 4.98 Å². The van der Waals surface area contributed by atoms with Crippen LogP contribution in [0.3, 0.4) is 0 Å². The molecule has 0 saturated carbocycles. The fourth-order valence-electron chi connectivity index (χ4n) is 2.67. The van der Waals surface area contributed by atoms with Gasteiger partial charge < -0.3 is 20.2 Å². The molecule has 6 nitrogen and oxygen atoms in total. The van der Waals surface area contributed by atoms with Gasteiger partial charge in [0.05, 0.1) is 12.7 Å². The van der Waals surface area contributed by atoms with Gasteiger partial charge in [0.1, 0.15) is 11.5 Å². The van der Waals surface area contributed by atoms with Gasteiger partial charge in [0, 0.05) is 28.7 Å². The average Bonchev–Trinajstić information content (AvgIpc) is 3.04. The standard InChI is InChI=1S/C19H18N2O4/c1-11(18(22)15-10-21-16-6-4-3-5-13(15)16)25-17-9-12(24-2)7-8-14(17)19(20)23/h3-11,21H,1-2H3,(H2,20,23)/t11-/m0/s1. The highest BCUT2D eigenvalue weighted by atomic mass is 16.5. The molecule has 0 radical (unpaired) electrons. The molecule has 0 aliphatic carbocycles. The number of benzene rings is 2. The van der Waals surface area contributed by atoms with Gasteiger partial charge in [-0.25, -0.2) is 0 Å². The van der Waals surface area contributed by atoms with Crippen molar-refractivity contribution in [1.29, 1.82) is 0 Å². The Morgan fingerprint density at radius 3 is 2.60 bits per heavy atom. The lowest BCUT2D eigenvalue weighted by atomic mass is 10.1. The van der Waals surface area contributed by atoms with E-state index in [-0.39, 0.29) is 17.1 Å².